The third kappa shape index (κ3) is 7.52. The van der Waals surface area contributed by atoms with Crippen LogP contribution in [-0.2, 0) is 19.4 Å². The molecule has 0 radical (unpaired) electrons. The second-order valence-corrected chi connectivity index (χ2v) is 17.8. The molecule has 19 heteroatoms. The molecule has 3 aromatic rings. The normalized spacial score (nSPS) is 21.9. The van der Waals surface area contributed by atoms with Gasteiger partial charge in [0.2, 0.25) is 11.8 Å². The molecule has 1 unspecified atom stereocenters. The van der Waals surface area contributed by atoms with Gasteiger partial charge in [0.25, 0.3) is 17.7 Å². The van der Waals surface area contributed by atoms with Crippen LogP contribution in [0.1, 0.15) is 76.2 Å². The molecular weight excluding hydrogens is 769 g/mol. The van der Waals surface area contributed by atoms with E-state index in [1.165, 1.54) is 18.3 Å². The number of aromatic nitrogens is 2. The average Bonchev–Trinajstić information content (AvgIpc) is 3.72. The Hall–Kier alpha value is -6.11. The minimum Gasteiger partial charge on any atom is -0.371 e. The number of fused-ring (bicyclic) bond motifs is 1. The molecule has 8 rings (SSSR count). The highest BCUT2D eigenvalue weighted by Gasteiger charge is 2.46. The van der Waals surface area contributed by atoms with E-state index < -0.39 is 45.4 Å². The predicted octanol–water partition coefficient (Wildman–Crippen LogP) is 1.79. The summed E-state index contributed by atoms with van der Waals surface area (Å²) in [6, 6.07) is 9.93. The minimum absolute atomic E-state index is 0.0379. The lowest BCUT2D eigenvalue weighted by Crippen LogP contribution is -2.54. The number of piperidine rings is 3. The lowest BCUT2D eigenvalue weighted by molar-refractivity contribution is -0.136. The van der Waals surface area contributed by atoms with Gasteiger partial charge in [-0.2, -0.15) is 0 Å². The molecule has 5 aliphatic heterocycles. The summed E-state index contributed by atoms with van der Waals surface area (Å²) in [5.74, 6) is -2.27. The van der Waals surface area contributed by atoms with E-state index in [4.69, 9.17) is 5.73 Å². The van der Waals surface area contributed by atoms with E-state index in [1.54, 1.807) is 24.3 Å². The van der Waals surface area contributed by atoms with Crippen molar-refractivity contribution in [1.82, 2.24) is 30.4 Å². The highest BCUT2D eigenvalue weighted by molar-refractivity contribution is 7.90. The van der Waals surface area contributed by atoms with Crippen molar-refractivity contribution in [2.75, 3.05) is 60.6 Å². The largest absolute Gasteiger partial charge is 0.371 e. The van der Waals surface area contributed by atoms with Crippen molar-refractivity contribution in [1.29, 1.82) is 0 Å². The van der Waals surface area contributed by atoms with Crippen molar-refractivity contribution >= 4 is 68.4 Å². The Bertz CT molecular complexity index is 2330. The van der Waals surface area contributed by atoms with Gasteiger partial charge in [-0.05, 0) is 86.4 Å². The Labute approximate surface area is 334 Å². The first-order chi connectivity index (χ1) is 27.7. The number of imide groups is 2. The van der Waals surface area contributed by atoms with Gasteiger partial charge in [-0.25, -0.2) is 23.2 Å². The van der Waals surface area contributed by atoms with Crippen molar-refractivity contribution in [3.8, 4) is 0 Å². The Morgan fingerprint density at radius 1 is 0.914 bits per heavy atom. The maximum absolute atomic E-state index is 13.6. The summed E-state index contributed by atoms with van der Waals surface area (Å²) in [5, 5.41) is 8.49. The number of carbonyl (C=O) groups is 6. The predicted molar refractivity (Wildman–Crippen MR) is 210 cm³/mol. The van der Waals surface area contributed by atoms with Gasteiger partial charge in [-0.3, -0.25) is 34.2 Å². The van der Waals surface area contributed by atoms with Gasteiger partial charge in [-0.15, -0.1) is 0 Å². The summed E-state index contributed by atoms with van der Waals surface area (Å²) in [5.41, 5.74) is 7.30. The molecule has 1 aromatic heterocycles. The number of benzene rings is 2. The van der Waals surface area contributed by atoms with Crippen LogP contribution in [0, 0.1) is 5.41 Å². The van der Waals surface area contributed by atoms with E-state index in [9.17, 15) is 37.2 Å². The van der Waals surface area contributed by atoms with Gasteiger partial charge in [-0.1, -0.05) is 0 Å². The van der Waals surface area contributed by atoms with Gasteiger partial charge in [0, 0.05) is 69.4 Å². The number of amides is 7. The molecule has 5 N–H and O–H groups in total. The van der Waals surface area contributed by atoms with Gasteiger partial charge in [0.05, 0.1) is 22.2 Å². The third-order valence-electron chi connectivity index (χ3n) is 11.9. The highest BCUT2D eigenvalue weighted by atomic mass is 32.2. The van der Waals surface area contributed by atoms with Crippen LogP contribution in [0.5, 0.6) is 0 Å². The molecule has 1 spiro atoms. The number of nitrogens with two attached hydrogens (primary N) is 1. The molecule has 58 heavy (non-hydrogen) atoms. The molecular formula is C39H44N10O8S. The van der Waals surface area contributed by atoms with Gasteiger partial charge < -0.3 is 31.1 Å². The van der Waals surface area contributed by atoms with Crippen LogP contribution in [-0.4, -0.2) is 121 Å². The van der Waals surface area contributed by atoms with Crippen LogP contribution >= 0.6 is 0 Å². The number of nitrogens with zero attached hydrogens (tertiary/aromatic N) is 6. The van der Waals surface area contributed by atoms with Gasteiger partial charge in [0.15, 0.2) is 21.3 Å². The molecule has 18 nitrogen and oxygen atoms in total. The Morgan fingerprint density at radius 3 is 2.34 bits per heavy atom. The fourth-order valence-corrected chi connectivity index (χ4v) is 9.33. The van der Waals surface area contributed by atoms with Crippen molar-refractivity contribution in [2.45, 2.75) is 61.9 Å². The number of anilines is 4. The zero-order chi connectivity index (χ0) is 40.9. The topological polar surface area (TPSA) is 237 Å². The zero-order valence-corrected chi connectivity index (χ0v) is 32.7. The number of urea groups is 1. The first-order valence-electron chi connectivity index (χ1n) is 19.3. The molecule has 0 saturated carbocycles. The lowest BCUT2D eigenvalue weighted by Gasteiger charge is -2.40. The first-order valence-corrected chi connectivity index (χ1v) is 21.2. The fraction of sp³-hybridized carbons (Fsp3) is 0.436. The molecule has 7 amide bonds. The minimum atomic E-state index is -3.39. The molecule has 0 bridgehead atoms. The number of carbonyl (C=O) groups excluding carboxylic acids is 6. The van der Waals surface area contributed by atoms with E-state index in [1.807, 2.05) is 15.9 Å². The maximum atomic E-state index is 13.6. The average molecular weight is 813 g/mol. The molecule has 304 valence electrons. The molecule has 4 fully saturated rings. The van der Waals surface area contributed by atoms with Crippen LogP contribution in [0.3, 0.4) is 0 Å². The summed E-state index contributed by atoms with van der Waals surface area (Å²) in [4.78, 5) is 92.6. The quantitative estimate of drug-likeness (QED) is 0.238. The zero-order valence-electron chi connectivity index (χ0n) is 31.9. The van der Waals surface area contributed by atoms with E-state index >= 15 is 0 Å². The summed E-state index contributed by atoms with van der Waals surface area (Å²) in [6.45, 7) is 3.82. The lowest BCUT2D eigenvalue weighted by atomic mass is 9.77. The number of nitrogens with one attached hydrogen (secondary N) is 3. The second-order valence-electron chi connectivity index (χ2n) is 15.8. The number of sulfone groups is 1. The summed E-state index contributed by atoms with van der Waals surface area (Å²) >= 11 is 0. The van der Waals surface area contributed by atoms with Crippen LogP contribution < -0.4 is 31.5 Å². The Kier molecular flexibility index (Phi) is 10.0. The second kappa shape index (κ2) is 15.0. The number of likely N-dealkylation sites (tertiary alicyclic amines) is 1. The third-order valence-corrected chi connectivity index (χ3v) is 13.1. The SMILES string of the molecule is CS(=O)(=O)c1ccc(Nc2nc(N3CCC[C@@H](NC(=O)N4CCC5(CCN(c6ccc7c(c6)C(=O)N(C6CCC(=O)NC6=O)C7=O)CC5)C4)C3)cnc2C(N)=O)cc1. The molecule has 2 aromatic carbocycles. The van der Waals surface area contributed by atoms with Crippen molar-refractivity contribution in [3.63, 3.8) is 0 Å². The van der Waals surface area contributed by atoms with Crippen LogP contribution in [0.15, 0.2) is 53.6 Å². The standard InChI is InChI=1S/C39H44N10O8S/c1-58(56,57)26-7-4-23(5-8-26)42-34-32(33(40)51)41-20-30(44-34)47-15-2-3-24(21-47)43-38(55)48-18-14-39(22-48)12-16-46(17-13-39)25-6-9-27-28(19-25)37(54)49(36(27)53)29-10-11-31(50)45-35(29)52/h4-9,19-20,24,29H,2-3,10-18,21-22H2,1H3,(H2,40,51)(H,42,44)(H,43,55)(H,45,50,52)/t24-,29?/m1/s1. The van der Waals surface area contributed by atoms with E-state index in [-0.39, 0.29) is 57.9 Å². The smallest absolute Gasteiger partial charge is 0.317 e. The van der Waals surface area contributed by atoms with Crippen LogP contribution in [0.25, 0.3) is 0 Å². The van der Waals surface area contributed by atoms with Crippen molar-refractivity contribution in [3.05, 3.63) is 65.5 Å². The molecule has 4 saturated heterocycles. The van der Waals surface area contributed by atoms with Crippen molar-refractivity contribution in [2.24, 2.45) is 11.1 Å². The highest BCUT2D eigenvalue weighted by Crippen LogP contribution is 2.42. The monoisotopic (exact) mass is 812 g/mol. The van der Waals surface area contributed by atoms with Gasteiger partial charge >= 0.3 is 6.03 Å². The van der Waals surface area contributed by atoms with Crippen LogP contribution in [0.4, 0.5) is 27.8 Å². The fourth-order valence-electron chi connectivity index (χ4n) is 8.70. The first kappa shape index (κ1) is 38.7. The summed E-state index contributed by atoms with van der Waals surface area (Å²) < 4.78 is 23.8. The number of hydrogen-bond donors (Lipinski definition) is 4. The summed E-state index contributed by atoms with van der Waals surface area (Å²) in [7, 11) is -3.39. The molecule has 0 aliphatic carbocycles. The van der Waals surface area contributed by atoms with E-state index in [0.717, 1.165) is 48.9 Å². The number of rotatable bonds is 8. The van der Waals surface area contributed by atoms with Gasteiger partial charge in [0.1, 0.15) is 11.9 Å². The number of primary amides is 1. The van der Waals surface area contributed by atoms with E-state index in [0.29, 0.717) is 50.8 Å². The van der Waals surface area contributed by atoms with Crippen molar-refractivity contribution < 1.29 is 37.2 Å². The molecule has 6 heterocycles. The molecule has 2 atom stereocenters. The van der Waals surface area contributed by atoms with Crippen LogP contribution in [0.2, 0.25) is 0 Å². The maximum Gasteiger partial charge on any atom is 0.317 e. The molecule has 5 aliphatic rings. The Balaban J connectivity index is 0.860. The Morgan fingerprint density at radius 2 is 1.64 bits per heavy atom. The summed E-state index contributed by atoms with van der Waals surface area (Å²) in [6.07, 6.45) is 6.89. The number of hydrogen-bond acceptors (Lipinski definition) is 13. The van der Waals surface area contributed by atoms with E-state index in [2.05, 4.69) is 30.8 Å².